The third kappa shape index (κ3) is 5.82. The molecule has 0 saturated heterocycles. The van der Waals surface area contributed by atoms with Gasteiger partial charge >= 0.3 is 0 Å². The number of para-hydroxylation sites is 1. The summed E-state index contributed by atoms with van der Waals surface area (Å²) >= 11 is 7.96. The Balaban J connectivity index is 1.33. The van der Waals surface area contributed by atoms with Crippen LogP contribution in [0.2, 0.25) is 5.02 Å². The molecule has 2 N–H and O–H groups in total. The number of anilines is 2. The van der Waals surface area contributed by atoms with Crippen LogP contribution in [0.25, 0.3) is 10.9 Å². The van der Waals surface area contributed by atoms with E-state index < -0.39 is 6.04 Å². The number of carbonyl (C=O) groups excluding carboxylic acids is 1. The molecule has 9 heteroatoms. The SMILES string of the molecule is CC1=C(C(=O)Nc2ccc(C)cc2C)C(c2cn(Cc3ccccc3)c3ccccc23)n2nc(SCc3ccccc3Cl)nc2N1. The van der Waals surface area contributed by atoms with Crippen LogP contribution in [-0.2, 0) is 17.1 Å². The molecule has 1 aliphatic heterocycles. The minimum atomic E-state index is -0.522. The molecule has 0 bridgehead atoms. The molecule has 0 spiro atoms. The van der Waals surface area contributed by atoms with Crippen LogP contribution in [-0.4, -0.2) is 25.2 Å². The molecule has 1 unspecified atom stereocenters. The number of nitrogens with zero attached hydrogens (tertiary/aromatic N) is 4. The van der Waals surface area contributed by atoms with Crippen LogP contribution >= 0.6 is 23.4 Å². The van der Waals surface area contributed by atoms with Crippen molar-refractivity contribution >= 4 is 51.8 Å². The molecule has 6 aromatic rings. The molecule has 0 fully saturated rings. The van der Waals surface area contributed by atoms with Gasteiger partial charge in [-0.1, -0.05) is 108 Å². The van der Waals surface area contributed by atoms with E-state index >= 15 is 0 Å². The van der Waals surface area contributed by atoms with E-state index in [0.29, 0.717) is 34.0 Å². The van der Waals surface area contributed by atoms with Gasteiger partial charge in [0.05, 0.1) is 5.57 Å². The highest BCUT2D eigenvalue weighted by Gasteiger charge is 2.36. The Labute approximate surface area is 277 Å². The van der Waals surface area contributed by atoms with E-state index in [1.807, 2.05) is 74.0 Å². The van der Waals surface area contributed by atoms with Crippen molar-refractivity contribution in [3.63, 3.8) is 0 Å². The lowest BCUT2D eigenvalue weighted by Gasteiger charge is -2.28. The highest BCUT2D eigenvalue weighted by Crippen LogP contribution is 2.41. The topological polar surface area (TPSA) is 76.8 Å². The number of allylic oxidation sites excluding steroid dienone is 1. The quantitative estimate of drug-likeness (QED) is 0.162. The van der Waals surface area contributed by atoms with Crippen LogP contribution in [0, 0.1) is 13.8 Å². The average Bonchev–Trinajstić information content (AvgIpc) is 3.62. The van der Waals surface area contributed by atoms with Gasteiger partial charge in [0, 0.05) is 51.4 Å². The normalized spacial score (nSPS) is 14.3. The Kier molecular flexibility index (Phi) is 8.15. The molecule has 2 aromatic heterocycles. The molecule has 1 atom stereocenters. The van der Waals surface area contributed by atoms with Crippen LogP contribution in [0.15, 0.2) is 120 Å². The van der Waals surface area contributed by atoms with Gasteiger partial charge in [0.1, 0.15) is 6.04 Å². The van der Waals surface area contributed by atoms with E-state index in [1.165, 1.54) is 17.3 Å². The average molecular weight is 645 g/mol. The molecule has 0 aliphatic carbocycles. The number of aryl methyl sites for hydroxylation is 2. The van der Waals surface area contributed by atoms with Gasteiger partial charge in [-0.25, -0.2) is 4.68 Å². The van der Waals surface area contributed by atoms with Crippen molar-refractivity contribution in [2.45, 2.75) is 44.3 Å². The predicted octanol–water partition coefficient (Wildman–Crippen LogP) is 8.77. The second-order valence-corrected chi connectivity index (χ2v) is 12.9. The molecule has 7 rings (SSSR count). The van der Waals surface area contributed by atoms with E-state index in [2.05, 4.69) is 69.9 Å². The molecular formula is C37H33ClN6OS. The third-order valence-corrected chi connectivity index (χ3v) is 9.59. The minimum Gasteiger partial charge on any atom is -0.343 e. The van der Waals surface area contributed by atoms with Crippen molar-refractivity contribution in [2.75, 3.05) is 10.6 Å². The summed E-state index contributed by atoms with van der Waals surface area (Å²) in [6.07, 6.45) is 2.16. The number of halogens is 1. The van der Waals surface area contributed by atoms with Gasteiger partial charge in [-0.2, -0.15) is 4.98 Å². The number of fused-ring (bicyclic) bond motifs is 2. The first-order valence-corrected chi connectivity index (χ1v) is 16.5. The number of carbonyl (C=O) groups is 1. The summed E-state index contributed by atoms with van der Waals surface area (Å²) < 4.78 is 4.11. The van der Waals surface area contributed by atoms with Crippen molar-refractivity contribution in [1.29, 1.82) is 0 Å². The predicted molar refractivity (Wildman–Crippen MR) is 188 cm³/mol. The molecule has 1 aliphatic rings. The number of aromatic nitrogens is 4. The van der Waals surface area contributed by atoms with Gasteiger partial charge in [0.2, 0.25) is 11.1 Å². The van der Waals surface area contributed by atoms with Crippen LogP contribution in [0.5, 0.6) is 0 Å². The summed E-state index contributed by atoms with van der Waals surface area (Å²) in [5.74, 6) is 1.02. The third-order valence-electron chi connectivity index (χ3n) is 8.33. The maximum absolute atomic E-state index is 14.3. The number of hydrogen-bond acceptors (Lipinski definition) is 5. The van der Waals surface area contributed by atoms with Gasteiger partial charge < -0.3 is 15.2 Å². The van der Waals surface area contributed by atoms with Gasteiger partial charge in [0.25, 0.3) is 5.91 Å². The number of rotatable bonds is 8. The standard InChI is InChI=1S/C37H33ClN6OS/c1-23-17-18-31(24(2)19-23)40-35(45)33-25(3)39-36-41-37(46-22-27-13-7-9-15-30(27)38)42-44(36)34(33)29-21-43(20-26-11-5-4-6-12-26)32-16-10-8-14-28(29)32/h4-19,21,34H,20,22H2,1-3H3,(H,40,45)(H,39,41,42). The number of thioether (sulfide) groups is 1. The number of nitrogens with one attached hydrogen (secondary N) is 2. The zero-order chi connectivity index (χ0) is 31.8. The molecule has 0 saturated carbocycles. The van der Waals surface area contributed by atoms with Gasteiger partial charge in [-0.15, -0.1) is 5.10 Å². The molecule has 46 heavy (non-hydrogen) atoms. The molecule has 3 heterocycles. The number of hydrogen-bond donors (Lipinski definition) is 2. The van der Waals surface area contributed by atoms with Crippen LogP contribution in [0.3, 0.4) is 0 Å². The highest BCUT2D eigenvalue weighted by atomic mass is 35.5. The van der Waals surface area contributed by atoms with E-state index in [-0.39, 0.29) is 5.91 Å². The maximum Gasteiger partial charge on any atom is 0.255 e. The first-order valence-electron chi connectivity index (χ1n) is 15.2. The first kappa shape index (κ1) is 29.9. The van der Waals surface area contributed by atoms with E-state index in [4.69, 9.17) is 21.7 Å². The second-order valence-electron chi connectivity index (χ2n) is 11.6. The lowest BCUT2D eigenvalue weighted by Crippen LogP contribution is -2.31. The fourth-order valence-corrected chi connectivity index (χ4v) is 7.19. The summed E-state index contributed by atoms with van der Waals surface area (Å²) in [4.78, 5) is 19.2. The molecule has 230 valence electrons. The zero-order valence-corrected chi connectivity index (χ0v) is 27.4. The van der Waals surface area contributed by atoms with Gasteiger partial charge in [-0.05, 0) is 55.7 Å². The number of benzene rings is 4. The first-order chi connectivity index (χ1) is 22.4. The lowest BCUT2D eigenvalue weighted by atomic mass is 9.94. The second kappa shape index (κ2) is 12.5. The molecule has 1 amide bonds. The Morgan fingerprint density at radius 3 is 2.52 bits per heavy atom. The monoisotopic (exact) mass is 644 g/mol. The summed E-state index contributed by atoms with van der Waals surface area (Å²) in [6, 6.07) is 32.0. The summed E-state index contributed by atoms with van der Waals surface area (Å²) in [5, 5.41) is 14.0. The summed E-state index contributed by atoms with van der Waals surface area (Å²) in [6.45, 7) is 6.69. The van der Waals surface area contributed by atoms with Crippen molar-refractivity contribution in [3.8, 4) is 0 Å². The smallest absolute Gasteiger partial charge is 0.255 e. The van der Waals surface area contributed by atoms with Crippen LogP contribution in [0.4, 0.5) is 11.6 Å². The van der Waals surface area contributed by atoms with Crippen molar-refractivity contribution < 1.29 is 4.79 Å². The molecule has 0 radical (unpaired) electrons. The molecule has 7 nitrogen and oxygen atoms in total. The minimum absolute atomic E-state index is 0.187. The maximum atomic E-state index is 14.3. The van der Waals surface area contributed by atoms with Crippen molar-refractivity contribution in [3.05, 3.63) is 147 Å². The van der Waals surface area contributed by atoms with Crippen molar-refractivity contribution in [2.24, 2.45) is 0 Å². The molecule has 4 aromatic carbocycles. The lowest BCUT2D eigenvalue weighted by molar-refractivity contribution is -0.113. The summed E-state index contributed by atoms with van der Waals surface area (Å²) in [7, 11) is 0. The van der Waals surface area contributed by atoms with E-state index in [1.54, 1.807) is 0 Å². The Morgan fingerprint density at radius 1 is 0.957 bits per heavy atom. The zero-order valence-electron chi connectivity index (χ0n) is 25.8. The Hall–Kier alpha value is -4.79. The van der Waals surface area contributed by atoms with Crippen LogP contribution < -0.4 is 10.6 Å². The van der Waals surface area contributed by atoms with E-state index in [0.717, 1.165) is 44.5 Å². The highest BCUT2D eigenvalue weighted by molar-refractivity contribution is 7.98. The van der Waals surface area contributed by atoms with E-state index in [9.17, 15) is 4.79 Å². The fraction of sp³-hybridized carbons (Fsp3) is 0.162. The number of amides is 1. The fourth-order valence-electron chi connectivity index (χ4n) is 6.08. The largest absolute Gasteiger partial charge is 0.343 e. The molecular weight excluding hydrogens is 612 g/mol. The van der Waals surface area contributed by atoms with Gasteiger partial charge in [-0.3, -0.25) is 4.79 Å². The Bertz CT molecular complexity index is 2120. The van der Waals surface area contributed by atoms with Crippen molar-refractivity contribution in [1.82, 2.24) is 19.3 Å². The Morgan fingerprint density at radius 2 is 1.72 bits per heavy atom. The van der Waals surface area contributed by atoms with Gasteiger partial charge in [0.15, 0.2) is 0 Å². The van der Waals surface area contributed by atoms with Crippen LogP contribution in [0.1, 0.15) is 40.8 Å². The summed E-state index contributed by atoms with van der Waals surface area (Å²) in [5.41, 5.74) is 8.51.